The Bertz CT molecular complexity index is 249. The molecule has 0 spiro atoms. The van der Waals surface area contributed by atoms with E-state index in [0.29, 0.717) is 0 Å². The Kier molecular flexibility index (Phi) is 1.65. The van der Waals surface area contributed by atoms with E-state index in [1.165, 1.54) is 16.6 Å². The van der Waals surface area contributed by atoms with E-state index < -0.39 is 0 Å². The monoisotopic (exact) mass is 168 g/mol. The van der Waals surface area contributed by atoms with E-state index in [-0.39, 0.29) is 0 Å². The normalized spacial score (nSPS) is 21.6. The second kappa shape index (κ2) is 2.64. The van der Waals surface area contributed by atoms with Crippen LogP contribution in [0.25, 0.3) is 0 Å². The topological polar surface area (TPSA) is 24.7 Å². The average Bonchev–Trinajstić information content (AvgIpc) is 2.59. The van der Waals surface area contributed by atoms with Gasteiger partial charge in [-0.3, -0.25) is 0 Å². The summed E-state index contributed by atoms with van der Waals surface area (Å²) in [7, 11) is 3.02. The van der Waals surface area contributed by atoms with Crippen LogP contribution in [0.3, 0.4) is 0 Å². The molecule has 10 heavy (non-hydrogen) atoms. The summed E-state index contributed by atoms with van der Waals surface area (Å²) in [6, 6.07) is 0. The Labute approximate surface area is 66.7 Å². The number of hydrogen-bond donors (Lipinski definition) is 0. The molecule has 2 nitrogen and oxygen atoms in total. The SMILES string of the molecule is C1=CC(=C2N=NSS2)C=C1. The van der Waals surface area contributed by atoms with Gasteiger partial charge < -0.3 is 0 Å². The fourth-order valence-corrected chi connectivity index (χ4v) is 2.12. The zero-order valence-electron chi connectivity index (χ0n) is 5.02. The maximum absolute atomic E-state index is 3.95. The van der Waals surface area contributed by atoms with Crippen LogP contribution in [0.15, 0.2) is 44.5 Å². The minimum Gasteiger partial charge on any atom is -0.134 e. The maximum Gasteiger partial charge on any atom is 0.139 e. The van der Waals surface area contributed by atoms with Crippen LogP contribution in [0, 0.1) is 0 Å². The van der Waals surface area contributed by atoms with Crippen molar-refractivity contribution in [3.63, 3.8) is 0 Å². The minimum absolute atomic E-state index is 1.01. The molecule has 0 unspecified atom stereocenters. The average molecular weight is 168 g/mol. The molecule has 0 atom stereocenters. The molecule has 4 heteroatoms. The summed E-state index contributed by atoms with van der Waals surface area (Å²) < 4.78 is 3.79. The molecule has 0 saturated carbocycles. The van der Waals surface area contributed by atoms with Gasteiger partial charge in [0.05, 0.1) is 11.0 Å². The summed E-state index contributed by atoms with van der Waals surface area (Å²) in [6.07, 6.45) is 8.07. The van der Waals surface area contributed by atoms with Crippen molar-refractivity contribution < 1.29 is 0 Å². The predicted octanol–water partition coefficient (Wildman–Crippen LogP) is 3.09. The summed E-state index contributed by atoms with van der Waals surface area (Å²) >= 11 is 0. The highest BCUT2D eigenvalue weighted by atomic mass is 33.1. The second-order valence-electron chi connectivity index (χ2n) is 1.82. The van der Waals surface area contributed by atoms with Crippen molar-refractivity contribution in [1.82, 2.24) is 0 Å². The van der Waals surface area contributed by atoms with E-state index in [9.17, 15) is 0 Å². The molecule has 0 saturated heterocycles. The van der Waals surface area contributed by atoms with Gasteiger partial charge in [-0.2, -0.15) is 0 Å². The zero-order chi connectivity index (χ0) is 6.81. The smallest absolute Gasteiger partial charge is 0.134 e. The first-order valence-corrected chi connectivity index (χ1v) is 4.91. The lowest BCUT2D eigenvalue weighted by Crippen LogP contribution is -1.69. The van der Waals surface area contributed by atoms with Gasteiger partial charge in [-0.05, 0) is 10.8 Å². The van der Waals surface area contributed by atoms with E-state index in [1.807, 2.05) is 24.3 Å². The molecule has 0 bridgehead atoms. The Balaban J connectivity index is 2.36. The molecular weight excluding hydrogens is 164 g/mol. The molecule has 2 rings (SSSR count). The molecule has 0 aromatic carbocycles. The van der Waals surface area contributed by atoms with Gasteiger partial charge in [-0.1, -0.05) is 24.3 Å². The Hall–Kier alpha value is -0.480. The van der Waals surface area contributed by atoms with E-state index in [2.05, 4.69) is 9.63 Å². The molecular formula is C6H4N2S2. The van der Waals surface area contributed by atoms with Crippen LogP contribution >= 0.6 is 21.8 Å². The van der Waals surface area contributed by atoms with E-state index in [1.54, 1.807) is 10.8 Å². The third-order valence-corrected chi connectivity index (χ3v) is 2.79. The number of hydrogen-bond acceptors (Lipinski definition) is 4. The third kappa shape index (κ3) is 1.04. The highest BCUT2D eigenvalue weighted by molar-refractivity contribution is 8.78. The van der Waals surface area contributed by atoms with Crippen molar-refractivity contribution in [3.8, 4) is 0 Å². The van der Waals surface area contributed by atoms with Crippen LogP contribution < -0.4 is 0 Å². The van der Waals surface area contributed by atoms with Crippen molar-refractivity contribution in [2.24, 2.45) is 9.63 Å². The van der Waals surface area contributed by atoms with Crippen molar-refractivity contribution in [2.45, 2.75) is 0 Å². The lowest BCUT2D eigenvalue weighted by Gasteiger charge is -1.89. The molecule has 1 aliphatic carbocycles. The standard InChI is InChI=1S/C6H4N2S2/c1-2-4-5(3-1)6-7-8-10-9-6/h1-4H. The van der Waals surface area contributed by atoms with Gasteiger partial charge in [-0.25, -0.2) is 0 Å². The molecule has 1 aliphatic heterocycles. The van der Waals surface area contributed by atoms with Gasteiger partial charge in [0.2, 0.25) is 0 Å². The van der Waals surface area contributed by atoms with E-state index >= 15 is 0 Å². The van der Waals surface area contributed by atoms with Crippen molar-refractivity contribution in [3.05, 3.63) is 34.9 Å². The molecule has 0 aromatic rings. The van der Waals surface area contributed by atoms with Crippen LogP contribution in [0.2, 0.25) is 0 Å². The highest BCUT2D eigenvalue weighted by Gasteiger charge is 2.09. The Morgan fingerprint density at radius 1 is 1.20 bits per heavy atom. The first-order valence-electron chi connectivity index (χ1n) is 2.80. The zero-order valence-corrected chi connectivity index (χ0v) is 6.65. The lowest BCUT2D eigenvalue weighted by molar-refractivity contribution is 1.31. The van der Waals surface area contributed by atoms with Gasteiger partial charge in [0, 0.05) is 5.57 Å². The lowest BCUT2D eigenvalue weighted by atomic mass is 10.3. The van der Waals surface area contributed by atoms with Gasteiger partial charge in [0.1, 0.15) is 5.03 Å². The highest BCUT2D eigenvalue weighted by Crippen LogP contribution is 2.41. The molecule has 0 aromatic heterocycles. The van der Waals surface area contributed by atoms with E-state index in [4.69, 9.17) is 0 Å². The molecule has 2 aliphatic rings. The summed E-state index contributed by atoms with van der Waals surface area (Å²) in [5, 5.41) is 4.96. The molecule has 1 heterocycles. The quantitative estimate of drug-likeness (QED) is 0.410. The number of allylic oxidation sites excluding steroid dienone is 5. The second-order valence-corrected chi connectivity index (χ2v) is 3.63. The molecule has 0 radical (unpaired) electrons. The molecule has 0 fully saturated rings. The largest absolute Gasteiger partial charge is 0.139 e. The summed E-state index contributed by atoms with van der Waals surface area (Å²) in [5.41, 5.74) is 1.17. The third-order valence-electron chi connectivity index (χ3n) is 1.19. The molecule has 50 valence electrons. The van der Waals surface area contributed by atoms with Gasteiger partial charge in [0.25, 0.3) is 0 Å². The van der Waals surface area contributed by atoms with Gasteiger partial charge in [-0.15, -0.1) is 9.63 Å². The first kappa shape index (κ1) is 6.24. The van der Waals surface area contributed by atoms with E-state index in [0.717, 1.165) is 5.03 Å². The fraction of sp³-hybridized carbons (Fsp3) is 0. The van der Waals surface area contributed by atoms with Crippen molar-refractivity contribution in [1.29, 1.82) is 0 Å². The van der Waals surface area contributed by atoms with Crippen molar-refractivity contribution >= 4 is 21.8 Å². The number of rotatable bonds is 0. The molecule has 0 amide bonds. The van der Waals surface area contributed by atoms with Crippen LogP contribution in [0.4, 0.5) is 0 Å². The summed E-state index contributed by atoms with van der Waals surface area (Å²) in [6.45, 7) is 0. The van der Waals surface area contributed by atoms with Crippen LogP contribution in [0.5, 0.6) is 0 Å². The Morgan fingerprint density at radius 3 is 2.60 bits per heavy atom. The van der Waals surface area contributed by atoms with Crippen LogP contribution in [-0.2, 0) is 0 Å². The minimum atomic E-state index is 1.01. The van der Waals surface area contributed by atoms with Crippen molar-refractivity contribution in [2.75, 3.05) is 0 Å². The molecule has 0 N–H and O–H groups in total. The van der Waals surface area contributed by atoms with Gasteiger partial charge in [0.15, 0.2) is 0 Å². The van der Waals surface area contributed by atoms with Crippen LogP contribution in [-0.4, -0.2) is 0 Å². The summed E-state index contributed by atoms with van der Waals surface area (Å²) in [5.74, 6) is 0. The van der Waals surface area contributed by atoms with Crippen LogP contribution in [0.1, 0.15) is 0 Å². The first-order chi connectivity index (χ1) is 4.97. The fourth-order valence-electron chi connectivity index (χ4n) is 0.745. The van der Waals surface area contributed by atoms with Gasteiger partial charge >= 0.3 is 0 Å². The summed E-state index contributed by atoms with van der Waals surface area (Å²) in [4.78, 5) is 0. The maximum atomic E-state index is 3.95. The number of nitrogens with zero attached hydrogens (tertiary/aromatic N) is 2. The Morgan fingerprint density at radius 2 is 2.00 bits per heavy atom. The predicted molar refractivity (Wildman–Crippen MR) is 45.3 cm³/mol.